The van der Waals surface area contributed by atoms with Crippen LogP contribution in [0.1, 0.15) is 37.1 Å². The van der Waals surface area contributed by atoms with Gasteiger partial charge in [-0.15, -0.1) is 0 Å². The van der Waals surface area contributed by atoms with Gasteiger partial charge in [0.25, 0.3) is 0 Å². The summed E-state index contributed by atoms with van der Waals surface area (Å²) in [7, 11) is 0. The van der Waals surface area contributed by atoms with E-state index in [1.807, 2.05) is 4.90 Å². The number of aromatic nitrogens is 2. The lowest BCUT2D eigenvalue weighted by molar-refractivity contribution is -0.133. The lowest BCUT2D eigenvalue weighted by Gasteiger charge is -2.38. The molecule has 3 heterocycles. The SMILES string of the molecule is Cc1ccc(-c2noc(CCC(=O)N3CCC4(CCNC4)CC3)n2)cc1F. The molecule has 1 spiro atoms. The van der Waals surface area contributed by atoms with E-state index in [1.165, 1.54) is 12.5 Å². The maximum Gasteiger partial charge on any atom is 0.227 e. The molecule has 4 rings (SSSR count). The van der Waals surface area contributed by atoms with Crippen LogP contribution in [-0.2, 0) is 11.2 Å². The van der Waals surface area contributed by atoms with E-state index in [0.717, 1.165) is 39.0 Å². The van der Waals surface area contributed by atoms with Crippen LogP contribution in [0, 0.1) is 18.2 Å². The quantitative estimate of drug-likeness (QED) is 0.894. The first-order valence-electron chi connectivity index (χ1n) is 9.62. The fourth-order valence-electron chi connectivity index (χ4n) is 4.03. The number of piperidine rings is 1. The highest BCUT2D eigenvalue weighted by Gasteiger charge is 2.37. The minimum Gasteiger partial charge on any atom is -0.343 e. The van der Waals surface area contributed by atoms with Crippen LogP contribution in [0.5, 0.6) is 0 Å². The Morgan fingerprint density at radius 1 is 1.33 bits per heavy atom. The molecule has 2 fully saturated rings. The largest absolute Gasteiger partial charge is 0.343 e. The lowest BCUT2D eigenvalue weighted by Crippen LogP contribution is -2.44. The second kappa shape index (κ2) is 7.38. The van der Waals surface area contributed by atoms with Crippen LogP contribution in [0.15, 0.2) is 22.7 Å². The van der Waals surface area contributed by atoms with E-state index in [0.29, 0.717) is 41.1 Å². The molecule has 1 aromatic carbocycles. The summed E-state index contributed by atoms with van der Waals surface area (Å²) < 4.78 is 18.9. The summed E-state index contributed by atoms with van der Waals surface area (Å²) in [5.41, 5.74) is 1.55. The number of hydrogen-bond acceptors (Lipinski definition) is 5. The predicted octanol–water partition coefficient (Wildman–Crippen LogP) is 2.72. The van der Waals surface area contributed by atoms with Gasteiger partial charge in [-0.25, -0.2) is 4.39 Å². The second-order valence-electron chi connectivity index (χ2n) is 7.78. The summed E-state index contributed by atoms with van der Waals surface area (Å²) in [6.45, 7) is 5.55. The summed E-state index contributed by atoms with van der Waals surface area (Å²) >= 11 is 0. The number of nitrogens with zero attached hydrogens (tertiary/aromatic N) is 3. The van der Waals surface area contributed by atoms with Gasteiger partial charge in [-0.05, 0) is 49.8 Å². The first kappa shape index (κ1) is 18.1. The van der Waals surface area contributed by atoms with Crippen LogP contribution in [0.4, 0.5) is 4.39 Å². The first-order valence-corrected chi connectivity index (χ1v) is 9.62. The molecule has 1 N–H and O–H groups in total. The molecule has 7 heteroatoms. The molecule has 144 valence electrons. The van der Waals surface area contributed by atoms with E-state index in [2.05, 4.69) is 15.5 Å². The fraction of sp³-hybridized carbons (Fsp3) is 0.550. The highest BCUT2D eigenvalue weighted by Crippen LogP contribution is 2.37. The maximum absolute atomic E-state index is 13.7. The van der Waals surface area contributed by atoms with Gasteiger partial charge in [-0.1, -0.05) is 17.3 Å². The monoisotopic (exact) mass is 372 g/mol. The van der Waals surface area contributed by atoms with Crippen LogP contribution >= 0.6 is 0 Å². The van der Waals surface area contributed by atoms with Crippen molar-refractivity contribution in [2.75, 3.05) is 26.2 Å². The number of nitrogens with one attached hydrogen (secondary N) is 1. The van der Waals surface area contributed by atoms with E-state index in [1.54, 1.807) is 19.1 Å². The number of aryl methyl sites for hydroxylation is 2. The highest BCUT2D eigenvalue weighted by atomic mass is 19.1. The Labute approximate surface area is 158 Å². The van der Waals surface area contributed by atoms with Gasteiger partial charge in [0.05, 0.1) is 0 Å². The Morgan fingerprint density at radius 2 is 2.15 bits per heavy atom. The van der Waals surface area contributed by atoms with Crippen molar-refractivity contribution in [3.63, 3.8) is 0 Å². The molecule has 2 aromatic rings. The minimum absolute atomic E-state index is 0.136. The number of halogens is 1. The molecule has 1 amide bonds. The molecule has 27 heavy (non-hydrogen) atoms. The molecular weight excluding hydrogens is 347 g/mol. The number of benzene rings is 1. The van der Waals surface area contributed by atoms with Crippen LogP contribution < -0.4 is 5.32 Å². The molecule has 2 aliphatic rings. The van der Waals surface area contributed by atoms with Crippen LogP contribution in [0.3, 0.4) is 0 Å². The Balaban J connectivity index is 1.31. The third-order valence-electron chi connectivity index (χ3n) is 5.96. The predicted molar refractivity (Wildman–Crippen MR) is 98.5 cm³/mol. The summed E-state index contributed by atoms with van der Waals surface area (Å²) in [6.07, 6.45) is 4.14. The molecule has 0 aliphatic carbocycles. The van der Waals surface area contributed by atoms with Gasteiger partial charge >= 0.3 is 0 Å². The molecule has 1 aromatic heterocycles. The molecule has 0 saturated carbocycles. The highest BCUT2D eigenvalue weighted by molar-refractivity contribution is 5.76. The minimum atomic E-state index is -0.297. The molecule has 2 saturated heterocycles. The number of carbonyl (C=O) groups is 1. The molecule has 2 aliphatic heterocycles. The summed E-state index contributed by atoms with van der Waals surface area (Å²) in [4.78, 5) is 18.8. The summed E-state index contributed by atoms with van der Waals surface area (Å²) in [5.74, 6) is 0.601. The Bertz CT molecular complexity index is 819. The normalized spacial score (nSPS) is 19.0. The zero-order chi connectivity index (χ0) is 18.9. The average molecular weight is 372 g/mol. The van der Waals surface area contributed by atoms with Crippen molar-refractivity contribution >= 4 is 5.91 Å². The third-order valence-corrected chi connectivity index (χ3v) is 5.96. The number of carbonyl (C=O) groups excluding carboxylic acids is 1. The zero-order valence-corrected chi connectivity index (χ0v) is 15.6. The van der Waals surface area contributed by atoms with Crippen LogP contribution in [0.2, 0.25) is 0 Å². The van der Waals surface area contributed by atoms with Crippen molar-refractivity contribution in [2.45, 2.75) is 39.0 Å². The molecule has 0 unspecified atom stereocenters. The van der Waals surface area contributed by atoms with Gasteiger partial charge in [0.15, 0.2) is 0 Å². The molecular formula is C20H25FN4O2. The van der Waals surface area contributed by atoms with E-state index < -0.39 is 0 Å². The van der Waals surface area contributed by atoms with Gasteiger partial charge < -0.3 is 14.7 Å². The van der Waals surface area contributed by atoms with Crippen molar-refractivity contribution in [1.82, 2.24) is 20.4 Å². The Hall–Kier alpha value is -2.28. The second-order valence-corrected chi connectivity index (χ2v) is 7.78. The fourth-order valence-corrected chi connectivity index (χ4v) is 4.03. The molecule has 0 bridgehead atoms. The number of likely N-dealkylation sites (tertiary alicyclic amines) is 1. The Kier molecular flexibility index (Phi) is 4.95. The number of amides is 1. The van der Waals surface area contributed by atoms with Gasteiger partial charge in [0, 0.05) is 38.0 Å². The molecule has 0 atom stereocenters. The zero-order valence-electron chi connectivity index (χ0n) is 15.6. The van der Waals surface area contributed by atoms with Gasteiger partial charge in [-0.2, -0.15) is 4.98 Å². The number of hydrogen-bond donors (Lipinski definition) is 1. The summed E-state index contributed by atoms with van der Waals surface area (Å²) in [5, 5.41) is 7.35. The van der Waals surface area contributed by atoms with Gasteiger partial charge in [0.1, 0.15) is 5.82 Å². The van der Waals surface area contributed by atoms with Crippen molar-refractivity contribution in [3.8, 4) is 11.4 Å². The summed E-state index contributed by atoms with van der Waals surface area (Å²) in [6, 6.07) is 4.85. The van der Waals surface area contributed by atoms with Gasteiger partial charge in [-0.3, -0.25) is 4.79 Å². The van der Waals surface area contributed by atoms with Crippen LogP contribution in [-0.4, -0.2) is 47.1 Å². The maximum atomic E-state index is 13.7. The lowest BCUT2D eigenvalue weighted by atomic mass is 9.78. The average Bonchev–Trinajstić information content (AvgIpc) is 3.33. The van der Waals surface area contributed by atoms with Crippen LogP contribution in [0.25, 0.3) is 11.4 Å². The standard InChI is InChI=1S/C20H25FN4O2/c1-14-2-3-15(12-16(14)21)19-23-17(27-24-19)4-5-18(26)25-10-7-20(8-11-25)6-9-22-13-20/h2-3,12,22H,4-11,13H2,1H3. The van der Waals surface area contributed by atoms with E-state index in [4.69, 9.17) is 4.52 Å². The van der Waals surface area contributed by atoms with E-state index in [-0.39, 0.29) is 11.7 Å². The van der Waals surface area contributed by atoms with Crippen molar-refractivity contribution < 1.29 is 13.7 Å². The van der Waals surface area contributed by atoms with Crippen molar-refractivity contribution in [2.24, 2.45) is 5.41 Å². The third kappa shape index (κ3) is 3.88. The topological polar surface area (TPSA) is 71.3 Å². The van der Waals surface area contributed by atoms with E-state index >= 15 is 0 Å². The number of rotatable bonds is 4. The molecule has 0 radical (unpaired) electrons. The first-order chi connectivity index (χ1) is 13.0. The van der Waals surface area contributed by atoms with E-state index in [9.17, 15) is 9.18 Å². The Morgan fingerprint density at radius 3 is 2.85 bits per heavy atom. The smallest absolute Gasteiger partial charge is 0.227 e. The van der Waals surface area contributed by atoms with Crippen molar-refractivity contribution in [3.05, 3.63) is 35.5 Å². The van der Waals surface area contributed by atoms with Gasteiger partial charge in [0.2, 0.25) is 17.6 Å². The molecule has 6 nitrogen and oxygen atoms in total. The van der Waals surface area contributed by atoms with Crippen molar-refractivity contribution in [1.29, 1.82) is 0 Å².